The number of anilines is 1. The predicted molar refractivity (Wildman–Crippen MR) is 53.2 cm³/mol. The zero-order chi connectivity index (χ0) is 9.84. The molecule has 6 heteroatoms. The van der Waals surface area contributed by atoms with Crippen LogP contribution in [0.5, 0.6) is 0 Å². The lowest BCUT2D eigenvalue weighted by molar-refractivity contribution is 0.272. The van der Waals surface area contributed by atoms with Crippen molar-refractivity contribution in [1.82, 2.24) is 0 Å². The summed E-state index contributed by atoms with van der Waals surface area (Å²) in [6.45, 7) is 0.102. The van der Waals surface area contributed by atoms with Gasteiger partial charge in [0.05, 0.1) is 0 Å². The maximum absolute atomic E-state index is 10.2. The number of nitrogen functional groups attached to an aromatic ring is 1. The zero-order valence-electron chi connectivity index (χ0n) is 6.61. The standard InChI is InChI=1S/C7H7BrNO3P/c8-6-3-5(1-2-7(6)9)4-12-13(10)11/h1-3H,4,9H2/p+1. The van der Waals surface area contributed by atoms with Crippen molar-refractivity contribution in [2.45, 2.75) is 6.61 Å². The Labute approximate surface area is 84.8 Å². The van der Waals surface area contributed by atoms with Gasteiger partial charge < -0.3 is 5.73 Å². The van der Waals surface area contributed by atoms with Gasteiger partial charge in [0, 0.05) is 14.7 Å². The SMILES string of the molecule is Nc1ccc(CO[P+](=O)O)cc1Br. The van der Waals surface area contributed by atoms with Crippen molar-refractivity contribution in [2.75, 3.05) is 5.73 Å². The van der Waals surface area contributed by atoms with Gasteiger partial charge in [0.15, 0.2) is 0 Å². The molecule has 1 aromatic carbocycles. The molecule has 0 radical (unpaired) electrons. The molecule has 0 saturated carbocycles. The Bertz CT molecular complexity index is 332. The summed E-state index contributed by atoms with van der Waals surface area (Å²) in [6.07, 6.45) is 0. The Morgan fingerprint density at radius 3 is 2.85 bits per heavy atom. The van der Waals surface area contributed by atoms with Crippen LogP contribution in [0.2, 0.25) is 0 Å². The topological polar surface area (TPSA) is 72.5 Å². The molecule has 0 aliphatic rings. The number of halogens is 1. The molecule has 0 spiro atoms. The van der Waals surface area contributed by atoms with Gasteiger partial charge in [0.2, 0.25) is 0 Å². The number of rotatable bonds is 3. The quantitative estimate of drug-likeness (QED) is 0.649. The molecule has 1 rings (SSSR count). The van der Waals surface area contributed by atoms with Crippen LogP contribution in [0.4, 0.5) is 5.69 Å². The van der Waals surface area contributed by atoms with Gasteiger partial charge in [-0.15, -0.1) is 9.42 Å². The minimum Gasteiger partial charge on any atom is -0.398 e. The molecule has 0 saturated heterocycles. The van der Waals surface area contributed by atoms with E-state index in [1.54, 1.807) is 18.2 Å². The van der Waals surface area contributed by atoms with Crippen molar-refractivity contribution in [2.24, 2.45) is 0 Å². The van der Waals surface area contributed by atoms with E-state index in [9.17, 15) is 4.57 Å². The average molecular weight is 265 g/mol. The molecule has 0 aliphatic heterocycles. The molecule has 0 fully saturated rings. The zero-order valence-corrected chi connectivity index (χ0v) is 9.09. The van der Waals surface area contributed by atoms with Crippen LogP contribution < -0.4 is 5.73 Å². The summed E-state index contributed by atoms with van der Waals surface area (Å²) < 4.78 is 15.5. The fourth-order valence-electron chi connectivity index (χ4n) is 0.790. The first-order valence-corrected chi connectivity index (χ1v) is 5.35. The fourth-order valence-corrected chi connectivity index (χ4v) is 1.48. The first-order valence-electron chi connectivity index (χ1n) is 3.42. The average Bonchev–Trinajstić information content (AvgIpc) is 2.07. The number of nitrogens with two attached hydrogens (primary N) is 1. The van der Waals surface area contributed by atoms with Crippen LogP contribution in [0.1, 0.15) is 5.56 Å². The lowest BCUT2D eigenvalue weighted by atomic mass is 10.2. The highest BCUT2D eigenvalue weighted by molar-refractivity contribution is 9.10. The fraction of sp³-hybridized carbons (Fsp3) is 0.143. The molecule has 0 heterocycles. The van der Waals surface area contributed by atoms with E-state index in [4.69, 9.17) is 10.6 Å². The lowest BCUT2D eigenvalue weighted by Gasteiger charge is -1.99. The third-order valence-corrected chi connectivity index (χ3v) is 2.44. The van der Waals surface area contributed by atoms with Crippen LogP contribution in [0.25, 0.3) is 0 Å². The largest absolute Gasteiger partial charge is 0.695 e. The predicted octanol–water partition coefficient (Wildman–Crippen LogP) is 2.20. The molecule has 1 atom stereocenters. The maximum atomic E-state index is 10.2. The van der Waals surface area contributed by atoms with Gasteiger partial charge >= 0.3 is 8.25 Å². The monoisotopic (exact) mass is 264 g/mol. The summed E-state index contributed by atoms with van der Waals surface area (Å²) in [7, 11) is -2.54. The molecule has 3 N–H and O–H groups in total. The third-order valence-electron chi connectivity index (χ3n) is 1.41. The summed E-state index contributed by atoms with van der Waals surface area (Å²) >= 11 is 3.24. The Kier molecular flexibility index (Phi) is 3.81. The first-order chi connectivity index (χ1) is 6.09. The minimum atomic E-state index is -2.54. The first kappa shape index (κ1) is 10.6. The molecule has 70 valence electrons. The summed E-state index contributed by atoms with van der Waals surface area (Å²) in [5, 5.41) is 0. The van der Waals surface area contributed by atoms with Crippen LogP contribution >= 0.6 is 24.2 Å². The van der Waals surface area contributed by atoms with Crippen LogP contribution in [0.15, 0.2) is 22.7 Å². The molecule has 0 aromatic heterocycles. The summed E-state index contributed by atoms with van der Waals surface area (Å²) in [6, 6.07) is 5.18. The second kappa shape index (κ2) is 4.67. The van der Waals surface area contributed by atoms with Crippen molar-refractivity contribution >= 4 is 29.9 Å². The second-order valence-electron chi connectivity index (χ2n) is 2.37. The van der Waals surface area contributed by atoms with Crippen molar-refractivity contribution in [3.8, 4) is 0 Å². The molecular weight excluding hydrogens is 257 g/mol. The van der Waals surface area contributed by atoms with E-state index in [0.717, 1.165) is 10.0 Å². The van der Waals surface area contributed by atoms with Gasteiger partial charge in [-0.05, 0) is 33.6 Å². The van der Waals surface area contributed by atoms with E-state index in [1.807, 2.05) is 0 Å². The molecule has 1 aromatic rings. The van der Waals surface area contributed by atoms with Gasteiger partial charge in [-0.2, -0.15) is 0 Å². The van der Waals surface area contributed by atoms with E-state index in [-0.39, 0.29) is 6.61 Å². The number of hydrogen-bond donors (Lipinski definition) is 2. The normalized spacial score (nSPS) is 11.4. The second-order valence-corrected chi connectivity index (χ2v) is 3.96. The number of hydrogen-bond acceptors (Lipinski definition) is 3. The molecule has 4 nitrogen and oxygen atoms in total. The molecule has 0 bridgehead atoms. The van der Waals surface area contributed by atoms with Gasteiger partial charge in [-0.25, -0.2) is 0 Å². The van der Waals surface area contributed by atoms with Gasteiger partial charge in [0.1, 0.15) is 6.61 Å². The van der Waals surface area contributed by atoms with Gasteiger partial charge in [0.25, 0.3) is 0 Å². The van der Waals surface area contributed by atoms with E-state index in [0.29, 0.717) is 5.69 Å². The Morgan fingerprint density at radius 2 is 2.31 bits per heavy atom. The highest BCUT2D eigenvalue weighted by atomic mass is 79.9. The van der Waals surface area contributed by atoms with Crippen molar-refractivity contribution in [3.05, 3.63) is 28.2 Å². The highest BCUT2D eigenvalue weighted by Crippen LogP contribution is 2.23. The van der Waals surface area contributed by atoms with Gasteiger partial charge in [-0.3, -0.25) is 0 Å². The molecule has 0 aliphatic carbocycles. The smallest absolute Gasteiger partial charge is 0.398 e. The van der Waals surface area contributed by atoms with Crippen molar-refractivity contribution < 1.29 is 14.0 Å². The van der Waals surface area contributed by atoms with Crippen molar-refractivity contribution in [3.63, 3.8) is 0 Å². The minimum absolute atomic E-state index is 0.102. The van der Waals surface area contributed by atoms with E-state index in [2.05, 4.69) is 20.5 Å². The molecule has 0 amide bonds. The van der Waals surface area contributed by atoms with Gasteiger partial charge in [-0.1, -0.05) is 6.07 Å². The number of benzene rings is 1. The third kappa shape index (κ3) is 3.40. The van der Waals surface area contributed by atoms with E-state index < -0.39 is 8.25 Å². The van der Waals surface area contributed by atoms with Crippen LogP contribution in [-0.2, 0) is 15.7 Å². The maximum Gasteiger partial charge on any atom is 0.695 e. The summed E-state index contributed by atoms with van der Waals surface area (Å²) in [5.41, 5.74) is 6.96. The van der Waals surface area contributed by atoms with E-state index >= 15 is 0 Å². The van der Waals surface area contributed by atoms with Crippen molar-refractivity contribution in [1.29, 1.82) is 0 Å². The van der Waals surface area contributed by atoms with Crippen LogP contribution in [0.3, 0.4) is 0 Å². The van der Waals surface area contributed by atoms with Crippen LogP contribution in [-0.4, -0.2) is 4.89 Å². The molecular formula is C7H8BrNO3P+. The molecule has 1 unspecified atom stereocenters. The lowest BCUT2D eigenvalue weighted by Crippen LogP contribution is -1.90. The summed E-state index contributed by atoms with van der Waals surface area (Å²) in [4.78, 5) is 8.39. The Balaban J connectivity index is 2.68. The Morgan fingerprint density at radius 1 is 1.62 bits per heavy atom. The summed E-state index contributed by atoms with van der Waals surface area (Å²) in [5.74, 6) is 0. The highest BCUT2D eigenvalue weighted by Gasteiger charge is 2.11. The van der Waals surface area contributed by atoms with Crippen LogP contribution in [0, 0.1) is 0 Å². The van der Waals surface area contributed by atoms with E-state index in [1.165, 1.54) is 0 Å². The Hall–Kier alpha value is -0.480. The molecule has 13 heavy (non-hydrogen) atoms.